The van der Waals surface area contributed by atoms with Crippen molar-refractivity contribution in [2.75, 3.05) is 0 Å². The van der Waals surface area contributed by atoms with Crippen LogP contribution in [0.15, 0.2) is 32.9 Å². The molecule has 0 aliphatic rings. The van der Waals surface area contributed by atoms with Crippen LogP contribution < -0.4 is 0 Å². The number of carbonyl (C=O) groups is 1. The van der Waals surface area contributed by atoms with Gasteiger partial charge in [0, 0.05) is 9.35 Å². The minimum atomic E-state index is -3.59. The van der Waals surface area contributed by atoms with Gasteiger partial charge in [0.1, 0.15) is 0 Å². The van der Waals surface area contributed by atoms with Crippen LogP contribution in [0.25, 0.3) is 0 Å². The average Bonchev–Trinajstić information content (AvgIpc) is 2.73. The van der Waals surface area contributed by atoms with Crippen LogP contribution in [0.3, 0.4) is 0 Å². The molecule has 0 aliphatic carbocycles. The molecule has 7 heteroatoms. The molecule has 2 rings (SSSR count). The number of carboxylic acid groups (broad SMARTS) is 1. The van der Waals surface area contributed by atoms with Crippen LogP contribution in [-0.4, -0.2) is 19.5 Å². The molecule has 0 aliphatic heterocycles. The first-order valence-corrected chi connectivity index (χ1v) is 9.34. The van der Waals surface area contributed by atoms with Gasteiger partial charge in [-0.2, -0.15) is 0 Å². The Hall–Kier alpha value is -1.18. The molecular formula is C14H13BrO4S2. The lowest BCUT2D eigenvalue weighted by molar-refractivity contribution is 0.0696. The highest BCUT2D eigenvalue weighted by Crippen LogP contribution is 2.29. The van der Waals surface area contributed by atoms with Crippen molar-refractivity contribution in [2.24, 2.45) is 0 Å². The molecule has 21 heavy (non-hydrogen) atoms. The number of benzene rings is 1. The highest BCUT2D eigenvalue weighted by Gasteiger charge is 2.22. The van der Waals surface area contributed by atoms with Gasteiger partial charge in [-0.15, -0.1) is 11.3 Å². The van der Waals surface area contributed by atoms with Gasteiger partial charge >= 0.3 is 5.97 Å². The molecule has 0 saturated heterocycles. The molecule has 0 unspecified atom stereocenters. The smallest absolute Gasteiger partial charge is 0.335 e. The number of halogens is 1. The van der Waals surface area contributed by atoms with Crippen molar-refractivity contribution in [1.29, 1.82) is 0 Å². The lowest BCUT2D eigenvalue weighted by Crippen LogP contribution is -2.10. The molecule has 0 amide bonds. The first kappa shape index (κ1) is 16.2. The van der Waals surface area contributed by atoms with E-state index in [2.05, 4.69) is 15.9 Å². The van der Waals surface area contributed by atoms with E-state index in [1.807, 2.05) is 0 Å². The number of thiophene rings is 1. The van der Waals surface area contributed by atoms with Crippen molar-refractivity contribution in [3.63, 3.8) is 0 Å². The highest BCUT2D eigenvalue weighted by atomic mass is 79.9. The van der Waals surface area contributed by atoms with E-state index in [-0.39, 0.29) is 16.2 Å². The van der Waals surface area contributed by atoms with E-state index in [1.54, 1.807) is 31.4 Å². The maximum atomic E-state index is 12.6. The van der Waals surface area contributed by atoms with E-state index in [9.17, 15) is 13.2 Å². The number of rotatable bonds is 4. The molecule has 1 N–H and O–H groups in total. The summed E-state index contributed by atoms with van der Waals surface area (Å²) in [6, 6.07) is 4.64. The molecule has 0 atom stereocenters. The van der Waals surface area contributed by atoms with Crippen LogP contribution >= 0.6 is 27.3 Å². The normalized spacial score (nSPS) is 11.6. The van der Waals surface area contributed by atoms with E-state index in [0.717, 1.165) is 4.47 Å². The summed E-state index contributed by atoms with van der Waals surface area (Å²) in [5.41, 5.74) is 1.13. The summed E-state index contributed by atoms with van der Waals surface area (Å²) in [5, 5.41) is 11.0. The average molecular weight is 389 g/mol. The van der Waals surface area contributed by atoms with E-state index >= 15 is 0 Å². The van der Waals surface area contributed by atoms with Crippen LogP contribution in [0, 0.1) is 13.8 Å². The zero-order valence-corrected chi connectivity index (χ0v) is 14.6. The summed E-state index contributed by atoms with van der Waals surface area (Å²) < 4.78 is 25.9. The van der Waals surface area contributed by atoms with Crippen molar-refractivity contribution in [2.45, 2.75) is 24.5 Å². The summed E-state index contributed by atoms with van der Waals surface area (Å²) in [7, 11) is -3.59. The standard InChI is InChI=1S/C14H13BrO4S2/c1-8-5-9(2)13(6-10(8)14(16)17)21(18,19)7-12-11(15)3-4-20-12/h3-6H,7H2,1-2H3,(H,16,17). The molecule has 0 radical (unpaired) electrons. The first-order chi connectivity index (χ1) is 9.72. The van der Waals surface area contributed by atoms with Crippen LogP contribution in [0.1, 0.15) is 26.4 Å². The third-order valence-corrected chi connectivity index (χ3v) is 6.99. The molecule has 0 bridgehead atoms. The van der Waals surface area contributed by atoms with Crippen LogP contribution in [0.4, 0.5) is 0 Å². The van der Waals surface area contributed by atoms with Crippen molar-refractivity contribution in [1.82, 2.24) is 0 Å². The van der Waals surface area contributed by atoms with E-state index < -0.39 is 15.8 Å². The number of sulfone groups is 1. The van der Waals surface area contributed by atoms with Gasteiger partial charge in [0.15, 0.2) is 9.84 Å². The molecule has 2 aromatic rings. The molecule has 0 spiro atoms. The predicted molar refractivity (Wildman–Crippen MR) is 85.8 cm³/mol. The monoisotopic (exact) mass is 388 g/mol. The minimum absolute atomic E-state index is 0.0180. The van der Waals surface area contributed by atoms with Gasteiger partial charge in [-0.1, -0.05) is 6.07 Å². The van der Waals surface area contributed by atoms with Gasteiger partial charge in [-0.25, -0.2) is 13.2 Å². The zero-order chi connectivity index (χ0) is 15.8. The van der Waals surface area contributed by atoms with E-state index in [1.165, 1.54) is 17.4 Å². The second kappa shape index (κ2) is 5.90. The summed E-state index contributed by atoms with van der Waals surface area (Å²) in [6.07, 6.45) is 0. The number of aryl methyl sites for hydroxylation is 2. The third kappa shape index (κ3) is 3.36. The topological polar surface area (TPSA) is 71.4 Å². The Labute approximate surface area is 135 Å². The molecule has 1 aromatic carbocycles. The number of carboxylic acids is 1. The summed E-state index contributed by atoms with van der Waals surface area (Å²) in [5.74, 6) is -1.27. The van der Waals surface area contributed by atoms with Crippen molar-refractivity contribution < 1.29 is 18.3 Å². The van der Waals surface area contributed by atoms with Gasteiger partial charge in [0.2, 0.25) is 0 Å². The van der Waals surface area contributed by atoms with Gasteiger partial charge in [0.05, 0.1) is 16.2 Å². The Morgan fingerprint density at radius 2 is 1.95 bits per heavy atom. The van der Waals surface area contributed by atoms with Crippen LogP contribution in [0.2, 0.25) is 0 Å². The summed E-state index contributed by atoms with van der Waals surface area (Å²) >= 11 is 4.66. The van der Waals surface area contributed by atoms with Crippen molar-refractivity contribution in [3.05, 3.63) is 49.6 Å². The Morgan fingerprint density at radius 3 is 2.48 bits per heavy atom. The van der Waals surface area contributed by atoms with Crippen LogP contribution in [-0.2, 0) is 15.6 Å². The Bertz CT molecular complexity index is 806. The molecule has 0 fully saturated rings. The fourth-order valence-corrected chi connectivity index (χ4v) is 5.78. The first-order valence-electron chi connectivity index (χ1n) is 6.01. The lowest BCUT2D eigenvalue weighted by Gasteiger charge is -2.10. The number of hydrogen-bond donors (Lipinski definition) is 1. The van der Waals surface area contributed by atoms with E-state index in [0.29, 0.717) is 16.0 Å². The molecular weight excluding hydrogens is 376 g/mol. The summed E-state index contributed by atoms with van der Waals surface area (Å²) in [6.45, 7) is 3.33. The number of aromatic carboxylic acids is 1. The van der Waals surface area contributed by atoms with E-state index in [4.69, 9.17) is 5.11 Å². The lowest BCUT2D eigenvalue weighted by atomic mass is 10.1. The second-order valence-corrected chi connectivity index (χ2v) is 8.50. The molecule has 0 saturated carbocycles. The second-order valence-electron chi connectivity index (χ2n) is 4.69. The van der Waals surface area contributed by atoms with Crippen molar-refractivity contribution in [3.8, 4) is 0 Å². The number of hydrogen-bond acceptors (Lipinski definition) is 4. The maximum Gasteiger partial charge on any atom is 0.335 e. The SMILES string of the molecule is Cc1cc(C)c(S(=O)(=O)Cc2sccc2Br)cc1C(=O)O. The Balaban J connectivity index is 2.52. The van der Waals surface area contributed by atoms with Gasteiger partial charge < -0.3 is 5.11 Å². The highest BCUT2D eigenvalue weighted by molar-refractivity contribution is 9.10. The predicted octanol–water partition coefficient (Wildman–Crippen LogP) is 3.80. The van der Waals surface area contributed by atoms with Gasteiger partial charge in [0.25, 0.3) is 0 Å². The van der Waals surface area contributed by atoms with Gasteiger partial charge in [-0.05, 0) is 58.4 Å². The largest absolute Gasteiger partial charge is 0.478 e. The fourth-order valence-electron chi connectivity index (χ4n) is 2.08. The zero-order valence-electron chi connectivity index (χ0n) is 11.4. The minimum Gasteiger partial charge on any atom is -0.478 e. The van der Waals surface area contributed by atoms with Crippen molar-refractivity contribution >= 4 is 43.1 Å². The Kier molecular flexibility index (Phi) is 4.55. The van der Waals surface area contributed by atoms with Gasteiger partial charge in [-0.3, -0.25) is 0 Å². The maximum absolute atomic E-state index is 12.6. The molecule has 1 aromatic heterocycles. The molecule has 1 heterocycles. The third-order valence-electron chi connectivity index (χ3n) is 3.10. The molecule has 4 nitrogen and oxygen atoms in total. The molecule has 112 valence electrons. The van der Waals surface area contributed by atoms with Crippen LogP contribution in [0.5, 0.6) is 0 Å². The fraction of sp³-hybridized carbons (Fsp3) is 0.214. The quantitative estimate of drug-likeness (QED) is 0.864. The Morgan fingerprint density at radius 1 is 1.29 bits per heavy atom. The summed E-state index contributed by atoms with van der Waals surface area (Å²) in [4.78, 5) is 12.0.